The first kappa shape index (κ1) is 27.9. The SMILES string of the molecule is COc1ccc(COC(c2ccc(O[C@H](Cc3ccccc3)C(=O)[O-])cc2)(C(F)(F)F)C(F)(F)F)cc1. The molecular weight excluding hydrogens is 506 g/mol. The number of carbonyl (C=O) groups excluding carboxylic acids is 1. The Morgan fingerprint density at radius 3 is 1.81 bits per heavy atom. The maximum Gasteiger partial charge on any atom is 0.430 e. The van der Waals surface area contributed by atoms with Crippen LogP contribution in [-0.4, -0.2) is 31.5 Å². The summed E-state index contributed by atoms with van der Waals surface area (Å²) in [5.74, 6) is -1.50. The van der Waals surface area contributed by atoms with Gasteiger partial charge in [0.2, 0.25) is 0 Å². The number of rotatable bonds is 10. The summed E-state index contributed by atoms with van der Waals surface area (Å²) >= 11 is 0. The van der Waals surface area contributed by atoms with E-state index in [-0.39, 0.29) is 17.7 Å². The second kappa shape index (κ2) is 11.1. The number of carboxylic acids is 1. The van der Waals surface area contributed by atoms with Crippen LogP contribution < -0.4 is 14.6 Å². The zero-order valence-electron chi connectivity index (χ0n) is 19.3. The highest BCUT2D eigenvalue weighted by Gasteiger charge is 2.73. The smallest absolute Gasteiger partial charge is 0.430 e. The Morgan fingerprint density at radius 1 is 0.784 bits per heavy atom. The summed E-state index contributed by atoms with van der Waals surface area (Å²) in [6.07, 6.45) is -13.4. The van der Waals surface area contributed by atoms with Crippen LogP contribution >= 0.6 is 0 Å². The van der Waals surface area contributed by atoms with E-state index >= 15 is 0 Å². The van der Waals surface area contributed by atoms with Crippen LogP contribution in [0, 0.1) is 0 Å². The number of methoxy groups -OCH3 is 1. The Kier molecular flexibility index (Phi) is 8.37. The fourth-order valence-electron chi connectivity index (χ4n) is 3.58. The van der Waals surface area contributed by atoms with Crippen molar-refractivity contribution in [3.63, 3.8) is 0 Å². The van der Waals surface area contributed by atoms with Gasteiger partial charge in [-0.05, 0) is 35.4 Å². The topological polar surface area (TPSA) is 67.8 Å². The van der Waals surface area contributed by atoms with Crippen molar-refractivity contribution in [3.8, 4) is 11.5 Å². The van der Waals surface area contributed by atoms with Crippen LogP contribution in [0.15, 0.2) is 78.9 Å². The number of hydrogen-bond acceptors (Lipinski definition) is 5. The molecule has 0 spiro atoms. The molecule has 0 N–H and O–H groups in total. The van der Waals surface area contributed by atoms with Gasteiger partial charge in [-0.1, -0.05) is 54.6 Å². The van der Waals surface area contributed by atoms with Crippen molar-refractivity contribution in [2.75, 3.05) is 7.11 Å². The fraction of sp³-hybridized carbons (Fsp3) is 0.269. The standard InChI is InChI=1S/C26H22F6O5/c1-35-20-11-7-18(8-12-20)16-36-24(25(27,28)29,26(30,31)32)19-9-13-21(14-10-19)37-22(23(33)34)15-17-5-3-2-4-6-17/h2-14,22H,15-16H2,1H3,(H,33,34)/p-1/t22-/m1/s1. The predicted octanol–water partition coefficient (Wildman–Crippen LogP) is 4.97. The van der Waals surface area contributed by atoms with E-state index in [0.29, 0.717) is 23.4 Å². The van der Waals surface area contributed by atoms with E-state index in [1.807, 2.05) is 0 Å². The van der Waals surface area contributed by atoms with Crippen LogP contribution in [0.2, 0.25) is 0 Å². The number of ether oxygens (including phenoxy) is 3. The minimum Gasteiger partial charge on any atom is -0.546 e. The van der Waals surface area contributed by atoms with Gasteiger partial charge in [0.15, 0.2) is 0 Å². The Bertz CT molecular complexity index is 1150. The van der Waals surface area contributed by atoms with E-state index < -0.39 is 42.2 Å². The van der Waals surface area contributed by atoms with E-state index in [1.165, 1.54) is 31.4 Å². The second-order valence-corrected chi connectivity index (χ2v) is 7.95. The molecule has 3 aromatic carbocycles. The van der Waals surface area contributed by atoms with E-state index in [9.17, 15) is 36.2 Å². The predicted molar refractivity (Wildman–Crippen MR) is 118 cm³/mol. The minimum absolute atomic E-state index is 0.0522. The van der Waals surface area contributed by atoms with Crippen LogP contribution in [0.4, 0.5) is 26.3 Å². The van der Waals surface area contributed by atoms with Gasteiger partial charge in [-0.3, -0.25) is 0 Å². The molecule has 3 aromatic rings. The first-order valence-electron chi connectivity index (χ1n) is 10.8. The molecule has 0 unspecified atom stereocenters. The van der Waals surface area contributed by atoms with Crippen molar-refractivity contribution in [3.05, 3.63) is 95.6 Å². The molecule has 0 aliphatic rings. The molecule has 0 aromatic heterocycles. The molecule has 0 saturated carbocycles. The zero-order valence-corrected chi connectivity index (χ0v) is 19.3. The maximum absolute atomic E-state index is 14.1. The number of carboxylic acid groups (broad SMARTS) is 1. The molecule has 0 heterocycles. The number of hydrogen-bond donors (Lipinski definition) is 0. The number of alkyl halides is 6. The first-order chi connectivity index (χ1) is 17.4. The monoisotopic (exact) mass is 527 g/mol. The highest BCUT2D eigenvalue weighted by Crippen LogP contribution is 2.53. The van der Waals surface area contributed by atoms with E-state index in [4.69, 9.17) is 9.47 Å². The van der Waals surface area contributed by atoms with Gasteiger partial charge < -0.3 is 24.1 Å². The van der Waals surface area contributed by atoms with E-state index in [2.05, 4.69) is 4.74 Å². The van der Waals surface area contributed by atoms with Gasteiger partial charge in [-0.2, -0.15) is 26.3 Å². The van der Waals surface area contributed by atoms with Gasteiger partial charge in [-0.25, -0.2) is 0 Å². The molecule has 5 nitrogen and oxygen atoms in total. The van der Waals surface area contributed by atoms with Crippen LogP contribution in [0.1, 0.15) is 16.7 Å². The normalized spacial score (nSPS) is 13.2. The van der Waals surface area contributed by atoms with E-state index in [0.717, 1.165) is 12.1 Å². The summed E-state index contributed by atoms with van der Waals surface area (Å²) in [4.78, 5) is 11.5. The zero-order chi connectivity index (χ0) is 27.3. The first-order valence-corrected chi connectivity index (χ1v) is 10.8. The molecule has 11 heteroatoms. The molecule has 0 bridgehead atoms. The number of aliphatic carboxylic acids is 1. The van der Waals surface area contributed by atoms with Gasteiger partial charge in [0.25, 0.3) is 5.60 Å². The van der Waals surface area contributed by atoms with Crippen molar-refractivity contribution in [1.82, 2.24) is 0 Å². The van der Waals surface area contributed by atoms with Gasteiger partial charge in [-0.15, -0.1) is 0 Å². The largest absolute Gasteiger partial charge is 0.546 e. The van der Waals surface area contributed by atoms with Crippen LogP contribution in [-0.2, 0) is 28.2 Å². The lowest BCUT2D eigenvalue weighted by Gasteiger charge is -2.37. The highest BCUT2D eigenvalue weighted by molar-refractivity contribution is 5.71. The van der Waals surface area contributed by atoms with Crippen molar-refractivity contribution in [2.24, 2.45) is 0 Å². The van der Waals surface area contributed by atoms with E-state index in [1.54, 1.807) is 30.3 Å². The van der Waals surface area contributed by atoms with Crippen molar-refractivity contribution in [1.29, 1.82) is 0 Å². The van der Waals surface area contributed by atoms with Gasteiger partial charge >= 0.3 is 12.4 Å². The third-order valence-electron chi connectivity index (χ3n) is 5.48. The molecule has 0 amide bonds. The molecule has 0 radical (unpaired) electrons. The summed E-state index contributed by atoms with van der Waals surface area (Å²) in [5.41, 5.74) is -5.28. The quantitative estimate of drug-likeness (QED) is 0.349. The van der Waals surface area contributed by atoms with Gasteiger partial charge in [0.05, 0.1) is 19.7 Å². The van der Waals surface area contributed by atoms with Crippen molar-refractivity contribution in [2.45, 2.75) is 37.1 Å². The van der Waals surface area contributed by atoms with Gasteiger partial charge in [0.1, 0.15) is 17.6 Å². The molecule has 1 atom stereocenters. The summed E-state index contributed by atoms with van der Waals surface area (Å²) in [5, 5.41) is 11.5. The third kappa shape index (κ3) is 6.34. The lowest BCUT2D eigenvalue weighted by atomic mass is 9.91. The molecule has 0 saturated heterocycles. The fourth-order valence-corrected chi connectivity index (χ4v) is 3.58. The highest BCUT2D eigenvalue weighted by atomic mass is 19.4. The molecule has 37 heavy (non-hydrogen) atoms. The summed E-state index contributed by atoms with van der Waals surface area (Å²) < 4.78 is 99.2. The average Bonchev–Trinajstić information content (AvgIpc) is 2.84. The summed E-state index contributed by atoms with van der Waals surface area (Å²) in [6.45, 7) is -1.01. The molecule has 3 rings (SSSR count). The molecular formula is C26H21F6O5-. The minimum atomic E-state index is -5.89. The molecule has 0 fully saturated rings. The lowest BCUT2D eigenvalue weighted by Crippen LogP contribution is -2.55. The van der Waals surface area contributed by atoms with Crippen molar-refractivity contribution < 1.29 is 50.5 Å². The number of benzene rings is 3. The molecule has 198 valence electrons. The molecule has 0 aliphatic heterocycles. The average molecular weight is 527 g/mol. The summed E-state index contributed by atoms with van der Waals surface area (Å²) in [6, 6.07) is 16.3. The Labute approximate surface area is 208 Å². The Hall–Kier alpha value is -3.73. The Morgan fingerprint density at radius 2 is 1.32 bits per heavy atom. The van der Waals surface area contributed by atoms with Crippen LogP contribution in [0.25, 0.3) is 0 Å². The maximum atomic E-state index is 14.1. The summed E-state index contributed by atoms with van der Waals surface area (Å²) in [7, 11) is 1.36. The third-order valence-corrected chi connectivity index (χ3v) is 5.48. The number of halogens is 6. The lowest BCUT2D eigenvalue weighted by molar-refractivity contribution is -0.392. The van der Waals surface area contributed by atoms with Crippen LogP contribution in [0.3, 0.4) is 0 Å². The van der Waals surface area contributed by atoms with Crippen LogP contribution in [0.5, 0.6) is 11.5 Å². The number of carbonyl (C=O) groups is 1. The Balaban J connectivity index is 1.90. The van der Waals surface area contributed by atoms with Gasteiger partial charge in [0, 0.05) is 12.0 Å². The van der Waals surface area contributed by atoms with Crippen molar-refractivity contribution >= 4 is 5.97 Å². The molecule has 0 aliphatic carbocycles. The second-order valence-electron chi connectivity index (χ2n) is 7.95.